The lowest BCUT2D eigenvalue weighted by atomic mass is 10.1. The third kappa shape index (κ3) is 3.56. The summed E-state index contributed by atoms with van der Waals surface area (Å²) in [6, 6.07) is 16.8. The molecule has 2 aromatic carbocycles. The van der Waals surface area contributed by atoms with E-state index in [2.05, 4.69) is 5.32 Å². The van der Waals surface area contributed by atoms with Crippen LogP contribution in [0, 0.1) is 0 Å². The number of imide groups is 1. The van der Waals surface area contributed by atoms with Crippen molar-refractivity contribution >= 4 is 39.0 Å². The fraction of sp³-hybridized carbons (Fsp3) is 0.182. The van der Waals surface area contributed by atoms with Gasteiger partial charge < -0.3 is 10.1 Å². The fourth-order valence-corrected chi connectivity index (χ4v) is 6.75. The molecule has 2 atom stereocenters. The maximum atomic E-state index is 13.4. The monoisotopic (exact) mass is 469 g/mol. The Labute approximate surface area is 189 Å². The van der Waals surface area contributed by atoms with Crippen LogP contribution in [0.5, 0.6) is 11.5 Å². The Morgan fingerprint density at radius 2 is 1.66 bits per heavy atom. The zero-order chi connectivity index (χ0) is 22.3. The predicted molar refractivity (Wildman–Crippen MR) is 119 cm³/mol. The molecule has 1 N–H and O–H groups in total. The molecule has 1 aromatic heterocycles. The first kappa shape index (κ1) is 20.7. The van der Waals surface area contributed by atoms with E-state index in [9.17, 15) is 18.0 Å². The van der Waals surface area contributed by atoms with E-state index in [1.165, 1.54) is 10.4 Å². The second-order valence-corrected chi connectivity index (χ2v) is 10.5. The highest BCUT2D eigenvalue weighted by atomic mass is 32.2. The molecule has 2 aliphatic heterocycles. The molecule has 8 nitrogen and oxygen atoms in total. The molecule has 0 saturated carbocycles. The van der Waals surface area contributed by atoms with Crippen molar-refractivity contribution in [1.82, 2.24) is 9.62 Å². The van der Waals surface area contributed by atoms with Crippen LogP contribution in [-0.2, 0) is 14.8 Å². The van der Waals surface area contributed by atoms with E-state index in [0.717, 1.165) is 16.2 Å². The highest BCUT2D eigenvalue weighted by molar-refractivity contribution is 7.91. The number of thiophene rings is 1. The van der Waals surface area contributed by atoms with E-state index in [0.29, 0.717) is 23.6 Å². The molecule has 10 heteroatoms. The molecule has 32 heavy (non-hydrogen) atoms. The van der Waals surface area contributed by atoms with Gasteiger partial charge in [0.2, 0.25) is 0 Å². The number of nitrogens with one attached hydrogen (secondary N) is 1. The molecule has 2 fully saturated rings. The summed E-state index contributed by atoms with van der Waals surface area (Å²) in [5, 5.41) is 4.47. The molecular formula is C22H19N3O5S2. The topological polar surface area (TPSA) is 96.0 Å². The molecule has 3 amide bonds. The number of carbonyl (C=O) groups is 2. The molecule has 2 aliphatic rings. The van der Waals surface area contributed by atoms with Gasteiger partial charge in [0, 0.05) is 6.54 Å². The average Bonchev–Trinajstić information content (AvgIpc) is 3.47. The lowest BCUT2D eigenvalue weighted by Gasteiger charge is -2.36. The van der Waals surface area contributed by atoms with Gasteiger partial charge in [-0.2, -0.15) is 4.31 Å². The van der Waals surface area contributed by atoms with Crippen molar-refractivity contribution in [2.45, 2.75) is 22.7 Å². The first-order valence-electron chi connectivity index (χ1n) is 9.98. The maximum Gasteiger partial charge on any atom is 0.329 e. The minimum atomic E-state index is -3.83. The van der Waals surface area contributed by atoms with Gasteiger partial charge in [0.15, 0.2) is 0 Å². The molecule has 3 aromatic rings. The number of rotatable bonds is 5. The normalized spacial score (nSPS) is 21.3. The smallest absolute Gasteiger partial charge is 0.329 e. The number of nitrogens with zero attached hydrogens (tertiary/aromatic N) is 2. The number of benzene rings is 2. The number of anilines is 1. The summed E-state index contributed by atoms with van der Waals surface area (Å²) in [5.74, 6) is 0.647. The van der Waals surface area contributed by atoms with Gasteiger partial charge in [-0.05, 0) is 54.3 Å². The van der Waals surface area contributed by atoms with Gasteiger partial charge in [0.1, 0.15) is 21.8 Å². The van der Waals surface area contributed by atoms with Gasteiger partial charge in [-0.15, -0.1) is 11.3 Å². The van der Waals surface area contributed by atoms with Crippen LogP contribution in [0.15, 0.2) is 76.3 Å². The lowest BCUT2D eigenvalue weighted by Crippen LogP contribution is -2.64. The second-order valence-electron chi connectivity index (χ2n) is 7.42. The largest absolute Gasteiger partial charge is 0.457 e. The Bertz CT molecular complexity index is 1240. The van der Waals surface area contributed by atoms with E-state index >= 15 is 0 Å². The molecule has 0 spiro atoms. The fourth-order valence-electron chi connectivity index (χ4n) is 3.99. The average molecular weight is 470 g/mol. The first-order valence-corrected chi connectivity index (χ1v) is 12.3. The molecule has 0 radical (unpaired) electrons. The van der Waals surface area contributed by atoms with Crippen molar-refractivity contribution in [3.63, 3.8) is 0 Å². The van der Waals surface area contributed by atoms with Crippen LogP contribution in [0.3, 0.4) is 0 Å². The third-order valence-corrected chi connectivity index (χ3v) is 8.72. The van der Waals surface area contributed by atoms with Crippen molar-refractivity contribution in [3.05, 3.63) is 72.1 Å². The standard InChI is InChI=1S/C22H19N3O5S2/c26-21-20-18(12-13-24(20)32(28,29)19-7-4-14-31-19)23-22(27)25(21)15-8-10-17(11-9-15)30-16-5-2-1-3-6-16/h1-11,14,18,20H,12-13H2,(H,23,27). The number of ether oxygens (including phenoxy) is 1. The Kier molecular flexibility index (Phi) is 5.20. The summed E-state index contributed by atoms with van der Waals surface area (Å²) in [4.78, 5) is 27.1. The number of hydrogen-bond donors (Lipinski definition) is 1. The number of hydrogen-bond acceptors (Lipinski definition) is 6. The molecule has 5 rings (SSSR count). The minimum absolute atomic E-state index is 0.166. The van der Waals surface area contributed by atoms with Crippen LogP contribution in [0.1, 0.15) is 6.42 Å². The number of carbonyl (C=O) groups excluding carboxylic acids is 2. The number of fused-ring (bicyclic) bond motifs is 1. The zero-order valence-electron chi connectivity index (χ0n) is 16.7. The lowest BCUT2D eigenvalue weighted by molar-refractivity contribution is -0.122. The molecule has 2 unspecified atom stereocenters. The molecular weight excluding hydrogens is 450 g/mol. The highest BCUT2D eigenvalue weighted by Gasteiger charge is 2.52. The number of sulfonamides is 1. The highest BCUT2D eigenvalue weighted by Crippen LogP contribution is 2.34. The summed E-state index contributed by atoms with van der Waals surface area (Å²) in [7, 11) is -3.83. The Morgan fingerprint density at radius 1 is 0.938 bits per heavy atom. The minimum Gasteiger partial charge on any atom is -0.457 e. The first-order chi connectivity index (χ1) is 15.4. The van der Waals surface area contributed by atoms with E-state index in [1.807, 2.05) is 30.3 Å². The summed E-state index contributed by atoms with van der Waals surface area (Å²) in [6.07, 6.45) is 0.379. The molecule has 0 bridgehead atoms. The predicted octanol–water partition coefficient (Wildman–Crippen LogP) is 3.43. The number of urea groups is 1. The molecule has 0 aliphatic carbocycles. The van der Waals surface area contributed by atoms with Crippen molar-refractivity contribution in [2.75, 3.05) is 11.4 Å². The quantitative estimate of drug-likeness (QED) is 0.618. The van der Waals surface area contributed by atoms with Crippen LogP contribution in [0.4, 0.5) is 10.5 Å². The van der Waals surface area contributed by atoms with Gasteiger partial charge in [0.05, 0.1) is 11.7 Å². The van der Waals surface area contributed by atoms with Gasteiger partial charge >= 0.3 is 6.03 Å². The van der Waals surface area contributed by atoms with Gasteiger partial charge in [0.25, 0.3) is 15.9 Å². The van der Waals surface area contributed by atoms with Crippen LogP contribution in [0.25, 0.3) is 0 Å². The van der Waals surface area contributed by atoms with Crippen LogP contribution in [-0.4, -0.2) is 43.3 Å². The van der Waals surface area contributed by atoms with E-state index in [1.54, 1.807) is 35.7 Å². The van der Waals surface area contributed by atoms with E-state index < -0.39 is 34.0 Å². The van der Waals surface area contributed by atoms with Gasteiger partial charge in [-0.3, -0.25) is 4.79 Å². The van der Waals surface area contributed by atoms with Crippen molar-refractivity contribution < 1.29 is 22.7 Å². The Hall–Kier alpha value is -3.21. The maximum absolute atomic E-state index is 13.4. The van der Waals surface area contributed by atoms with Crippen molar-refractivity contribution in [1.29, 1.82) is 0 Å². The van der Waals surface area contributed by atoms with E-state index in [4.69, 9.17) is 4.74 Å². The Morgan fingerprint density at radius 3 is 2.34 bits per heavy atom. The Balaban J connectivity index is 1.40. The number of para-hydroxylation sites is 1. The van der Waals surface area contributed by atoms with Gasteiger partial charge in [-0.1, -0.05) is 24.3 Å². The third-order valence-electron chi connectivity index (χ3n) is 5.47. The summed E-state index contributed by atoms with van der Waals surface area (Å²) < 4.78 is 33.3. The molecule has 164 valence electrons. The SMILES string of the molecule is O=C1NC2CCN(S(=O)(=O)c3cccs3)C2C(=O)N1c1ccc(Oc2ccccc2)cc1. The van der Waals surface area contributed by atoms with Crippen LogP contribution in [0.2, 0.25) is 0 Å². The van der Waals surface area contributed by atoms with Crippen LogP contribution >= 0.6 is 11.3 Å². The molecule has 3 heterocycles. The summed E-state index contributed by atoms with van der Waals surface area (Å²) in [5.41, 5.74) is 0.340. The number of amides is 3. The van der Waals surface area contributed by atoms with E-state index in [-0.39, 0.29) is 10.8 Å². The van der Waals surface area contributed by atoms with Crippen molar-refractivity contribution in [2.24, 2.45) is 0 Å². The van der Waals surface area contributed by atoms with Crippen LogP contribution < -0.4 is 15.0 Å². The second kappa shape index (κ2) is 8.05. The molecule has 2 saturated heterocycles. The summed E-state index contributed by atoms with van der Waals surface area (Å²) in [6.45, 7) is 0.166. The van der Waals surface area contributed by atoms with Gasteiger partial charge in [-0.25, -0.2) is 18.1 Å². The zero-order valence-corrected chi connectivity index (χ0v) is 18.4. The van der Waals surface area contributed by atoms with Crippen molar-refractivity contribution in [3.8, 4) is 11.5 Å². The summed E-state index contributed by atoms with van der Waals surface area (Å²) >= 11 is 1.10.